The van der Waals surface area contributed by atoms with Gasteiger partial charge in [-0.3, -0.25) is 9.69 Å². The van der Waals surface area contributed by atoms with Crippen LogP contribution in [0.3, 0.4) is 0 Å². The van der Waals surface area contributed by atoms with Crippen LogP contribution < -0.4 is 0 Å². The van der Waals surface area contributed by atoms with E-state index in [1.807, 2.05) is 17.8 Å². The average molecular weight is 279 g/mol. The zero-order valence-corrected chi connectivity index (χ0v) is 12.5. The van der Waals surface area contributed by atoms with Crippen molar-refractivity contribution in [3.05, 3.63) is 29.3 Å². The molecule has 3 nitrogen and oxygen atoms in total. The second-order valence-electron chi connectivity index (χ2n) is 5.19. The highest BCUT2D eigenvalue weighted by Crippen LogP contribution is 2.28. The van der Waals surface area contributed by atoms with Crippen LogP contribution in [0.1, 0.15) is 36.7 Å². The van der Waals surface area contributed by atoms with Gasteiger partial charge in [-0.25, -0.2) is 0 Å². The first kappa shape index (κ1) is 14.4. The number of phenols is 1. The van der Waals surface area contributed by atoms with Crippen LogP contribution >= 0.6 is 11.8 Å². The first-order chi connectivity index (χ1) is 8.99. The Kier molecular flexibility index (Phi) is 4.53. The van der Waals surface area contributed by atoms with Crippen molar-refractivity contribution in [3.63, 3.8) is 0 Å². The molecule has 0 aliphatic carbocycles. The summed E-state index contributed by atoms with van der Waals surface area (Å²) in [4.78, 5) is 13.8. The van der Waals surface area contributed by atoms with E-state index in [0.717, 1.165) is 17.9 Å². The molecule has 2 unspecified atom stereocenters. The van der Waals surface area contributed by atoms with E-state index in [1.54, 1.807) is 19.1 Å². The van der Waals surface area contributed by atoms with E-state index in [2.05, 4.69) is 18.7 Å². The molecule has 0 saturated carbocycles. The first-order valence-corrected chi connectivity index (χ1v) is 7.72. The van der Waals surface area contributed by atoms with Crippen molar-refractivity contribution in [1.29, 1.82) is 0 Å². The fraction of sp³-hybridized carbons (Fsp3) is 0.533. The molecule has 0 bridgehead atoms. The second kappa shape index (κ2) is 5.97. The molecule has 2 atom stereocenters. The predicted octanol–water partition coefficient (Wildman–Crippen LogP) is 2.92. The molecule has 1 aromatic rings. The van der Waals surface area contributed by atoms with Crippen molar-refractivity contribution in [2.45, 2.75) is 38.6 Å². The molecule has 0 aromatic heterocycles. The molecule has 1 N–H and O–H groups in total. The maximum atomic E-state index is 11.4. The standard InChI is InChI=1S/C15H21NO2S/c1-10-12(3)19-7-6-16(10)9-14-8-13(11(2)17)4-5-15(14)18/h4-5,8,10,12,18H,6-7,9H2,1-3H3. The number of rotatable bonds is 3. The Morgan fingerprint density at radius 3 is 2.89 bits per heavy atom. The van der Waals surface area contributed by atoms with E-state index in [9.17, 15) is 9.90 Å². The third-order valence-corrected chi connectivity index (χ3v) is 5.21. The van der Waals surface area contributed by atoms with Gasteiger partial charge in [0.25, 0.3) is 0 Å². The van der Waals surface area contributed by atoms with E-state index < -0.39 is 0 Å². The minimum absolute atomic E-state index is 0.0388. The summed E-state index contributed by atoms with van der Waals surface area (Å²) in [7, 11) is 0. The Bertz CT molecular complexity index is 475. The molecule has 19 heavy (non-hydrogen) atoms. The fourth-order valence-corrected chi connectivity index (χ4v) is 3.53. The van der Waals surface area contributed by atoms with E-state index >= 15 is 0 Å². The monoisotopic (exact) mass is 279 g/mol. The van der Waals surface area contributed by atoms with Gasteiger partial charge in [0, 0.05) is 41.3 Å². The molecular weight excluding hydrogens is 258 g/mol. The van der Waals surface area contributed by atoms with E-state index in [1.165, 1.54) is 0 Å². The summed E-state index contributed by atoms with van der Waals surface area (Å²) in [6, 6.07) is 5.61. The van der Waals surface area contributed by atoms with Crippen molar-refractivity contribution >= 4 is 17.5 Å². The first-order valence-electron chi connectivity index (χ1n) is 6.67. The maximum Gasteiger partial charge on any atom is 0.159 e. The largest absolute Gasteiger partial charge is 0.508 e. The summed E-state index contributed by atoms with van der Waals surface area (Å²) in [5.41, 5.74) is 1.51. The molecule has 1 saturated heterocycles. The van der Waals surface area contributed by atoms with Crippen molar-refractivity contribution < 1.29 is 9.90 Å². The van der Waals surface area contributed by atoms with Crippen molar-refractivity contribution in [1.82, 2.24) is 4.90 Å². The van der Waals surface area contributed by atoms with Crippen LogP contribution in [-0.4, -0.2) is 39.4 Å². The van der Waals surface area contributed by atoms with Gasteiger partial charge in [-0.05, 0) is 32.0 Å². The minimum Gasteiger partial charge on any atom is -0.508 e. The zero-order valence-electron chi connectivity index (χ0n) is 11.7. The number of phenolic OH excluding ortho intramolecular Hbond substituents is 1. The second-order valence-corrected chi connectivity index (χ2v) is 6.67. The molecule has 1 heterocycles. The molecule has 0 amide bonds. The van der Waals surface area contributed by atoms with Crippen molar-refractivity contribution in [2.75, 3.05) is 12.3 Å². The van der Waals surface area contributed by atoms with Crippen LogP contribution in [0, 0.1) is 0 Å². The van der Waals surface area contributed by atoms with Gasteiger partial charge >= 0.3 is 0 Å². The highest BCUT2D eigenvalue weighted by Gasteiger charge is 2.25. The molecule has 104 valence electrons. The predicted molar refractivity (Wildman–Crippen MR) is 79.9 cm³/mol. The molecule has 1 aliphatic heterocycles. The number of nitrogens with zero attached hydrogens (tertiary/aromatic N) is 1. The summed E-state index contributed by atoms with van der Waals surface area (Å²) >= 11 is 1.99. The number of hydrogen-bond acceptors (Lipinski definition) is 4. The average Bonchev–Trinajstić information content (AvgIpc) is 2.37. The summed E-state index contributed by atoms with van der Waals surface area (Å²) in [5, 5.41) is 10.6. The quantitative estimate of drug-likeness (QED) is 0.864. The highest BCUT2D eigenvalue weighted by atomic mass is 32.2. The lowest BCUT2D eigenvalue weighted by Gasteiger charge is -2.37. The number of aromatic hydroxyl groups is 1. The molecule has 4 heteroatoms. The normalized spacial score (nSPS) is 24.4. The SMILES string of the molecule is CC(=O)c1ccc(O)c(CN2CCSC(C)C2C)c1. The third-order valence-electron chi connectivity index (χ3n) is 3.87. The van der Waals surface area contributed by atoms with Gasteiger partial charge in [0.1, 0.15) is 5.75 Å². The smallest absolute Gasteiger partial charge is 0.159 e. The molecule has 2 rings (SSSR count). The van der Waals surface area contributed by atoms with Gasteiger partial charge in [-0.2, -0.15) is 11.8 Å². The number of carbonyl (C=O) groups excluding carboxylic acids is 1. The van der Waals surface area contributed by atoms with Crippen LogP contribution in [0.5, 0.6) is 5.75 Å². The Balaban J connectivity index is 2.18. The molecule has 0 spiro atoms. The topological polar surface area (TPSA) is 40.5 Å². The molecule has 1 fully saturated rings. The number of ketones is 1. The van der Waals surface area contributed by atoms with Gasteiger partial charge in [0.2, 0.25) is 0 Å². The van der Waals surface area contributed by atoms with E-state index in [4.69, 9.17) is 0 Å². The number of carbonyl (C=O) groups is 1. The lowest BCUT2D eigenvalue weighted by atomic mass is 10.1. The van der Waals surface area contributed by atoms with Crippen LogP contribution in [0.4, 0.5) is 0 Å². The molecule has 1 aliphatic rings. The lowest BCUT2D eigenvalue weighted by Crippen LogP contribution is -2.43. The Morgan fingerprint density at radius 1 is 1.47 bits per heavy atom. The summed E-state index contributed by atoms with van der Waals surface area (Å²) < 4.78 is 0. The van der Waals surface area contributed by atoms with Crippen LogP contribution in [0.15, 0.2) is 18.2 Å². The Morgan fingerprint density at radius 2 is 2.21 bits per heavy atom. The zero-order chi connectivity index (χ0) is 14.0. The van der Waals surface area contributed by atoms with Crippen molar-refractivity contribution in [3.8, 4) is 5.75 Å². The van der Waals surface area contributed by atoms with Crippen LogP contribution in [0.25, 0.3) is 0 Å². The molecular formula is C15H21NO2S. The van der Waals surface area contributed by atoms with E-state index in [-0.39, 0.29) is 11.5 Å². The lowest BCUT2D eigenvalue weighted by molar-refractivity contribution is 0.101. The Labute approximate surface area is 119 Å². The van der Waals surface area contributed by atoms with Gasteiger partial charge in [-0.15, -0.1) is 0 Å². The minimum atomic E-state index is 0.0388. The fourth-order valence-electron chi connectivity index (χ4n) is 2.37. The van der Waals surface area contributed by atoms with Crippen molar-refractivity contribution in [2.24, 2.45) is 0 Å². The summed E-state index contributed by atoms with van der Waals surface area (Å²) in [5.74, 6) is 1.44. The maximum absolute atomic E-state index is 11.4. The number of thioether (sulfide) groups is 1. The van der Waals surface area contributed by atoms with Gasteiger partial charge < -0.3 is 5.11 Å². The number of Topliss-reactive ketones (excluding diaryl/α,β-unsaturated/α-hetero) is 1. The number of hydrogen-bond donors (Lipinski definition) is 1. The molecule has 1 aromatic carbocycles. The van der Waals surface area contributed by atoms with Crippen LogP contribution in [-0.2, 0) is 6.54 Å². The van der Waals surface area contributed by atoms with Gasteiger partial charge in [0.15, 0.2) is 5.78 Å². The van der Waals surface area contributed by atoms with E-state index in [0.29, 0.717) is 23.4 Å². The highest BCUT2D eigenvalue weighted by molar-refractivity contribution is 8.00. The summed E-state index contributed by atoms with van der Waals surface area (Å²) in [6.45, 7) is 7.76. The summed E-state index contributed by atoms with van der Waals surface area (Å²) in [6.07, 6.45) is 0. The van der Waals surface area contributed by atoms with Gasteiger partial charge in [-0.1, -0.05) is 6.92 Å². The Hall–Kier alpha value is -1.00. The van der Waals surface area contributed by atoms with Crippen LogP contribution in [0.2, 0.25) is 0 Å². The third kappa shape index (κ3) is 3.31. The molecule has 0 radical (unpaired) electrons. The number of benzene rings is 1. The van der Waals surface area contributed by atoms with Gasteiger partial charge in [0.05, 0.1) is 0 Å².